The van der Waals surface area contributed by atoms with Gasteiger partial charge in [0.15, 0.2) is 0 Å². The van der Waals surface area contributed by atoms with Crippen LogP contribution < -0.4 is 4.74 Å². The van der Waals surface area contributed by atoms with Gasteiger partial charge in [-0.05, 0) is 36.8 Å². The molecule has 4 nitrogen and oxygen atoms in total. The fourth-order valence-corrected chi connectivity index (χ4v) is 3.24. The smallest absolute Gasteiger partial charge is 0.150 e. The average Bonchev–Trinajstić information content (AvgIpc) is 3.12. The van der Waals surface area contributed by atoms with Gasteiger partial charge in [-0.1, -0.05) is 24.3 Å². The summed E-state index contributed by atoms with van der Waals surface area (Å²) in [6, 6.07) is 11.0. The average molecular weight is 326 g/mol. The van der Waals surface area contributed by atoms with Gasteiger partial charge in [-0.25, -0.2) is 9.07 Å². The fraction of sp³-hybridized carbons (Fsp3) is 0.316. The Bertz CT molecular complexity index is 869. The first kappa shape index (κ1) is 15.1. The van der Waals surface area contributed by atoms with Crippen LogP contribution in [0.15, 0.2) is 42.6 Å². The number of fused-ring (bicyclic) bond motifs is 1. The molecule has 0 amide bonds. The van der Waals surface area contributed by atoms with Gasteiger partial charge in [-0.3, -0.25) is 0 Å². The summed E-state index contributed by atoms with van der Waals surface area (Å²) in [4.78, 5) is 0. The van der Waals surface area contributed by atoms with Gasteiger partial charge < -0.3 is 9.47 Å². The highest BCUT2D eigenvalue weighted by Crippen LogP contribution is 2.37. The fourth-order valence-electron chi connectivity index (χ4n) is 3.24. The molecule has 0 radical (unpaired) electrons. The molecule has 3 aromatic rings. The summed E-state index contributed by atoms with van der Waals surface area (Å²) in [7, 11) is 1.55. The highest BCUT2D eigenvalue weighted by molar-refractivity contribution is 5.90. The van der Waals surface area contributed by atoms with E-state index in [0.29, 0.717) is 22.4 Å². The summed E-state index contributed by atoms with van der Waals surface area (Å²) in [5.41, 5.74) is 0.954. The summed E-state index contributed by atoms with van der Waals surface area (Å²) in [5.74, 6) is 0.181. The topological polar surface area (TPSA) is 36.3 Å². The quantitative estimate of drug-likeness (QED) is 0.708. The molecule has 1 aliphatic heterocycles. The van der Waals surface area contributed by atoms with Gasteiger partial charge in [0, 0.05) is 18.2 Å². The first-order chi connectivity index (χ1) is 11.8. The third-order valence-electron chi connectivity index (χ3n) is 4.48. The minimum absolute atomic E-state index is 0.0676. The Labute approximate surface area is 139 Å². The van der Waals surface area contributed by atoms with Crippen LogP contribution in [0.3, 0.4) is 0 Å². The van der Waals surface area contributed by atoms with Crippen molar-refractivity contribution in [2.24, 2.45) is 0 Å². The van der Waals surface area contributed by atoms with Crippen LogP contribution in [-0.4, -0.2) is 23.5 Å². The summed E-state index contributed by atoms with van der Waals surface area (Å²) in [5, 5.41) is 5.93. The Morgan fingerprint density at radius 1 is 1.25 bits per heavy atom. The highest BCUT2D eigenvalue weighted by atomic mass is 19.1. The van der Waals surface area contributed by atoms with E-state index < -0.39 is 0 Å². The van der Waals surface area contributed by atoms with Gasteiger partial charge in [-0.2, -0.15) is 5.10 Å². The van der Waals surface area contributed by atoms with Crippen LogP contribution in [0, 0.1) is 5.82 Å². The van der Waals surface area contributed by atoms with E-state index in [1.807, 2.05) is 36.5 Å². The molecule has 24 heavy (non-hydrogen) atoms. The molecule has 0 spiro atoms. The van der Waals surface area contributed by atoms with Crippen molar-refractivity contribution in [2.45, 2.75) is 25.5 Å². The number of hydrogen-bond acceptors (Lipinski definition) is 3. The largest absolute Gasteiger partial charge is 0.496 e. The standard InChI is InChI=1S/C19H19FN2O2/c1-23-16-12-13-6-2-3-7-14(13)19(20)18(16)15-9-10-22(21-15)17-8-4-5-11-24-17/h2-3,6-7,9-10,12,17H,4-5,8,11H2,1H3. The monoisotopic (exact) mass is 326 g/mol. The van der Waals surface area contributed by atoms with Crippen LogP contribution in [0.25, 0.3) is 22.0 Å². The second kappa shape index (κ2) is 6.24. The van der Waals surface area contributed by atoms with Crippen molar-refractivity contribution in [2.75, 3.05) is 13.7 Å². The van der Waals surface area contributed by atoms with Crippen LogP contribution in [0.2, 0.25) is 0 Å². The molecule has 1 fully saturated rings. The van der Waals surface area contributed by atoms with E-state index in [4.69, 9.17) is 9.47 Å². The number of halogens is 1. The lowest BCUT2D eigenvalue weighted by Gasteiger charge is -2.22. The number of aromatic nitrogens is 2. The second-order valence-corrected chi connectivity index (χ2v) is 5.99. The molecule has 1 aliphatic rings. The van der Waals surface area contributed by atoms with Crippen molar-refractivity contribution >= 4 is 10.8 Å². The van der Waals surface area contributed by atoms with Crippen molar-refractivity contribution in [1.29, 1.82) is 0 Å². The Balaban J connectivity index is 1.81. The summed E-state index contributed by atoms with van der Waals surface area (Å²) < 4.78 is 28.0. The van der Waals surface area contributed by atoms with Crippen molar-refractivity contribution < 1.29 is 13.9 Å². The summed E-state index contributed by atoms with van der Waals surface area (Å²) in [6.07, 6.45) is 4.91. The minimum Gasteiger partial charge on any atom is -0.496 e. The second-order valence-electron chi connectivity index (χ2n) is 5.99. The Morgan fingerprint density at radius 2 is 2.12 bits per heavy atom. The maximum absolute atomic E-state index is 15.1. The van der Waals surface area contributed by atoms with E-state index in [1.165, 1.54) is 0 Å². The van der Waals surface area contributed by atoms with Crippen molar-refractivity contribution in [3.8, 4) is 17.0 Å². The van der Waals surface area contributed by atoms with E-state index >= 15 is 4.39 Å². The summed E-state index contributed by atoms with van der Waals surface area (Å²) in [6.45, 7) is 0.744. The molecule has 1 aromatic heterocycles. The zero-order valence-corrected chi connectivity index (χ0v) is 13.5. The Hall–Kier alpha value is -2.40. The highest BCUT2D eigenvalue weighted by Gasteiger charge is 2.21. The predicted octanol–water partition coefficient (Wildman–Crippen LogP) is 4.55. The zero-order valence-electron chi connectivity index (χ0n) is 13.5. The number of methoxy groups -OCH3 is 1. The van der Waals surface area contributed by atoms with E-state index in [0.717, 1.165) is 31.3 Å². The number of rotatable bonds is 3. The first-order valence-electron chi connectivity index (χ1n) is 8.20. The Kier molecular flexibility index (Phi) is 3.94. The van der Waals surface area contributed by atoms with E-state index in [-0.39, 0.29) is 12.0 Å². The van der Waals surface area contributed by atoms with Gasteiger partial charge >= 0.3 is 0 Å². The van der Waals surface area contributed by atoms with Crippen molar-refractivity contribution in [1.82, 2.24) is 9.78 Å². The molecule has 1 saturated heterocycles. The number of nitrogens with zero attached hydrogens (tertiary/aromatic N) is 2. The molecule has 2 aromatic carbocycles. The third-order valence-corrected chi connectivity index (χ3v) is 4.48. The molecule has 124 valence electrons. The number of hydrogen-bond donors (Lipinski definition) is 0. The van der Waals surface area contributed by atoms with Crippen LogP contribution >= 0.6 is 0 Å². The predicted molar refractivity (Wildman–Crippen MR) is 90.5 cm³/mol. The SMILES string of the molecule is COc1cc2ccccc2c(F)c1-c1ccn(C2CCCCO2)n1. The molecule has 1 unspecified atom stereocenters. The molecular weight excluding hydrogens is 307 g/mol. The number of ether oxygens (including phenoxy) is 2. The molecule has 5 heteroatoms. The minimum atomic E-state index is -0.306. The maximum atomic E-state index is 15.1. The zero-order chi connectivity index (χ0) is 16.5. The maximum Gasteiger partial charge on any atom is 0.150 e. The van der Waals surface area contributed by atoms with Gasteiger partial charge in [0.25, 0.3) is 0 Å². The van der Waals surface area contributed by atoms with Crippen LogP contribution in [0.1, 0.15) is 25.5 Å². The molecule has 0 bridgehead atoms. The van der Waals surface area contributed by atoms with Crippen molar-refractivity contribution in [3.63, 3.8) is 0 Å². The molecule has 0 aliphatic carbocycles. The Morgan fingerprint density at radius 3 is 2.92 bits per heavy atom. The van der Waals surface area contributed by atoms with E-state index in [1.54, 1.807) is 17.9 Å². The molecule has 1 atom stereocenters. The molecule has 2 heterocycles. The lowest BCUT2D eigenvalue weighted by Crippen LogP contribution is -2.18. The van der Waals surface area contributed by atoms with Crippen LogP contribution in [0.4, 0.5) is 4.39 Å². The van der Waals surface area contributed by atoms with Gasteiger partial charge in [0.2, 0.25) is 0 Å². The number of benzene rings is 2. The summed E-state index contributed by atoms with van der Waals surface area (Å²) >= 11 is 0. The van der Waals surface area contributed by atoms with Gasteiger partial charge in [-0.15, -0.1) is 0 Å². The molecule has 0 saturated carbocycles. The third kappa shape index (κ3) is 2.55. The van der Waals surface area contributed by atoms with Crippen LogP contribution in [0.5, 0.6) is 5.75 Å². The first-order valence-corrected chi connectivity index (χ1v) is 8.20. The van der Waals surface area contributed by atoms with E-state index in [9.17, 15) is 0 Å². The normalized spacial score (nSPS) is 18.0. The molecule has 4 rings (SSSR count). The molecule has 0 N–H and O–H groups in total. The van der Waals surface area contributed by atoms with Crippen LogP contribution in [-0.2, 0) is 4.74 Å². The molecular formula is C19H19FN2O2. The van der Waals surface area contributed by atoms with Gasteiger partial charge in [0.1, 0.15) is 17.8 Å². The van der Waals surface area contributed by atoms with Crippen molar-refractivity contribution in [3.05, 3.63) is 48.4 Å². The lowest BCUT2D eigenvalue weighted by atomic mass is 10.0. The lowest BCUT2D eigenvalue weighted by molar-refractivity contribution is -0.0393. The van der Waals surface area contributed by atoms with E-state index in [2.05, 4.69) is 5.10 Å². The van der Waals surface area contributed by atoms with Gasteiger partial charge in [0.05, 0.1) is 18.4 Å².